The molecule has 1 saturated carbocycles. The van der Waals surface area contributed by atoms with Gasteiger partial charge in [0.1, 0.15) is 6.10 Å². The summed E-state index contributed by atoms with van der Waals surface area (Å²) in [6, 6.07) is 9.78. The molecule has 0 spiro atoms. The second-order valence-corrected chi connectivity index (χ2v) is 5.03. The molecule has 0 aliphatic heterocycles. The van der Waals surface area contributed by atoms with Gasteiger partial charge in [-0.3, -0.25) is 0 Å². The quantitative estimate of drug-likeness (QED) is 0.817. The number of methoxy groups -OCH3 is 1. The molecule has 1 N–H and O–H groups in total. The minimum absolute atomic E-state index is 0.392. The van der Waals surface area contributed by atoms with Gasteiger partial charge in [0.2, 0.25) is 0 Å². The average Bonchev–Trinajstić information content (AvgIpc) is 2.93. The molecule has 102 valence electrons. The van der Waals surface area contributed by atoms with Gasteiger partial charge < -0.3 is 9.84 Å². The van der Waals surface area contributed by atoms with Crippen molar-refractivity contribution in [1.29, 1.82) is 0 Å². The van der Waals surface area contributed by atoms with Crippen molar-refractivity contribution in [1.82, 2.24) is 0 Å². The van der Waals surface area contributed by atoms with Crippen molar-refractivity contribution in [2.75, 3.05) is 13.7 Å². The summed E-state index contributed by atoms with van der Waals surface area (Å²) in [6.07, 6.45) is 4.76. The molecule has 1 aliphatic carbocycles. The highest BCUT2D eigenvalue weighted by molar-refractivity contribution is 5.33. The van der Waals surface area contributed by atoms with Gasteiger partial charge in [-0.05, 0) is 36.3 Å². The molecule has 2 nitrogen and oxygen atoms in total. The molecule has 0 saturated heterocycles. The van der Waals surface area contributed by atoms with E-state index in [0.717, 1.165) is 24.0 Å². The third-order valence-electron chi connectivity index (χ3n) is 3.85. The van der Waals surface area contributed by atoms with Gasteiger partial charge in [-0.15, -0.1) is 6.58 Å². The molecule has 0 radical (unpaired) electrons. The molecular weight excluding hydrogens is 236 g/mol. The van der Waals surface area contributed by atoms with Crippen molar-refractivity contribution < 1.29 is 9.84 Å². The van der Waals surface area contributed by atoms with Crippen LogP contribution in [0.2, 0.25) is 0 Å². The van der Waals surface area contributed by atoms with Crippen molar-refractivity contribution in [3.8, 4) is 0 Å². The molecule has 0 bridgehead atoms. The van der Waals surface area contributed by atoms with E-state index in [2.05, 4.69) is 6.58 Å². The smallest absolute Gasteiger partial charge is 0.103 e. The van der Waals surface area contributed by atoms with Crippen LogP contribution in [0.3, 0.4) is 0 Å². The standard InChI is InChI=1S/C17H22O2/c1-3-13-10-7-11-15(13)16(12-19-2)17(18)14-8-5-4-6-9-14/h3-6,8-9,13,17-18H,1,7,10-12H2,2H3/b16-15+. The van der Waals surface area contributed by atoms with Crippen LogP contribution in [0.1, 0.15) is 30.9 Å². The van der Waals surface area contributed by atoms with Crippen molar-refractivity contribution in [3.63, 3.8) is 0 Å². The number of benzene rings is 1. The first-order chi connectivity index (χ1) is 9.27. The minimum Gasteiger partial charge on any atom is -0.384 e. The van der Waals surface area contributed by atoms with Crippen LogP contribution in [0.25, 0.3) is 0 Å². The number of hydrogen-bond acceptors (Lipinski definition) is 2. The third kappa shape index (κ3) is 3.14. The van der Waals surface area contributed by atoms with E-state index >= 15 is 0 Å². The summed E-state index contributed by atoms with van der Waals surface area (Å²) in [5.41, 5.74) is 3.25. The summed E-state index contributed by atoms with van der Waals surface area (Å²) in [5.74, 6) is 0.392. The lowest BCUT2D eigenvalue weighted by molar-refractivity contribution is 0.162. The van der Waals surface area contributed by atoms with E-state index < -0.39 is 6.10 Å². The van der Waals surface area contributed by atoms with E-state index in [1.54, 1.807) is 7.11 Å². The van der Waals surface area contributed by atoms with Gasteiger partial charge in [-0.25, -0.2) is 0 Å². The average molecular weight is 258 g/mol. The molecule has 1 aromatic rings. The monoisotopic (exact) mass is 258 g/mol. The largest absolute Gasteiger partial charge is 0.384 e. The molecule has 1 aliphatic rings. The van der Waals surface area contributed by atoms with Crippen LogP contribution in [0.4, 0.5) is 0 Å². The second kappa shape index (κ2) is 6.69. The summed E-state index contributed by atoms with van der Waals surface area (Å²) in [5, 5.41) is 10.6. The number of aliphatic hydroxyl groups excluding tert-OH is 1. The van der Waals surface area contributed by atoms with Gasteiger partial charge in [0.05, 0.1) is 6.61 Å². The van der Waals surface area contributed by atoms with Crippen LogP contribution in [0, 0.1) is 5.92 Å². The Balaban J connectivity index is 2.34. The van der Waals surface area contributed by atoms with E-state index in [9.17, 15) is 5.11 Å². The van der Waals surface area contributed by atoms with Gasteiger partial charge in [-0.2, -0.15) is 0 Å². The zero-order chi connectivity index (χ0) is 13.7. The fourth-order valence-corrected chi connectivity index (χ4v) is 2.87. The zero-order valence-corrected chi connectivity index (χ0v) is 11.5. The van der Waals surface area contributed by atoms with E-state index in [-0.39, 0.29) is 0 Å². The predicted octanol–water partition coefficient (Wildman–Crippen LogP) is 3.65. The van der Waals surface area contributed by atoms with E-state index in [4.69, 9.17) is 4.74 Å². The molecule has 2 atom stereocenters. The zero-order valence-electron chi connectivity index (χ0n) is 11.5. The van der Waals surface area contributed by atoms with Crippen LogP contribution < -0.4 is 0 Å². The Morgan fingerprint density at radius 2 is 2.21 bits per heavy atom. The lowest BCUT2D eigenvalue weighted by Crippen LogP contribution is -2.11. The SMILES string of the molecule is C=CC1CCC/C1=C(/COC)C(O)c1ccccc1. The fraction of sp³-hybridized carbons (Fsp3) is 0.412. The Hall–Kier alpha value is -1.38. The Labute approximate surface area is 115 Å². The fourth-order valence-electron chi connectivity index (χ4n) is 2.87. The molecule has 0 heterocycles. The Morgan fingerprint density at radius 1 is 1.47 bits per heavy atom. The van der Waals surface area contributed by atoms with Crippen LogP contribution in [-0.2, 0) is 4.74 Å². The van der Waals surface area contributed by atoms with Gasteiger partial charge in [-0.1, -0.05) is 42.0 Å². The summed E-state index contributed by atoms with van der Waals surface area (Å²) in [7, 11) is 1.68. The summed E-state index contributed by atoms with van der Waals surface area (Å²) < 4.78 is 5.30. The Kier molecular flexibility index (Phi) is 4.94. The number of hydrogen-bond donors (Lipinski definition) is 1. The third-order valence-corrected chi connectivity index (χ3v) is 3.85. The maximum absolute atomic E-state index is 10.6. The van der Waals surface area contributed by atoms with Crippen LogP contribution in [-0.4, -0.2) is 18.8 Å². The highest BCUT2D eigenvalue weighted by atomic mass is 16.5. The molecule has 1 aromatic carbocycles. The van der Waals surface area contributed by atoms with Crippen molar-refractivity contribution >= 4 is 0 Å². The molecule has 0 aromatic heterocycles. The Morgan fingerprint density at radius 3 is 2.84 bits per heavy atom. The second-order valence-electron chi connectivity index (χ2n) is 5.03. The van der Waals surface area contributed by atoms with E-state index in [1.807, 2.05) is 36.4 Å². The summed E-state index contributed by atoms with van der Waals surface area (Å²) in [6.45, 7) is 4.39. The summed E-state index contributed by atoms with van der Waals surface area (Å²) >= 11 is 0. The summed E-state index contributed by atoms with van der Waals surface area (Å²) in [4.78, 5) is 0. The van der Waals surface area contributed by atoms with Crippen molar-refractivity contribution in [3.05, 3.63) is 59.7 Å². The van der Waals surface area contributed by atoms with Crippen LogP contribution in [0.15, 0.2) is 54.1 Å². The topological polar surface area (TPSA) is 29.5 Å². The first-order valence-corrected chi connectivity index (χ1v) is 6.84. The van der Waals surface area contributed by atoms with Gasteiger partial charge in [0.25, 0.3) is 0 Å². The maximum Gasteiger partial charge on any atom is 0.103 e. The highest BCUT2D eigenvalue weighted by Crippen LogP contribution is 2.38. The molecule has 19 heavy (non-hydrogen) atoms. The molecular formula is C17H22O2. The van der Waals surface area contributed by atoms with Gasteiger partial charge in [0, 0.05) is 7.11 Å². The normalized spacial score (nSPS) is 23.2. The Bertz CT molecular complexity index is 448. The number of rotatable bonds is 5. The first-order valence-electron chi connectivity index (χ1n) is 6.84. The molecule has 1 fully saturated rings. The molecule has 2 unspecified atom stereocenters. The lowest BCUT2D eigenvalue weighted by Gasteiger charge is -2.20. The van der Waals surface area contributed by atoms with Gasteiger partial charge >= 0.3 is 0 Å². The molecule has 2 rings (SSSR count). The van der Waals surface area contributed by atoms with E-state index in [1.165, 1.54) is 12.0 Å². The number of aliphatic hydroxyl groups is 1. The number of allylic oxidation sites excluding steroid dienone is 2. The molecule has 0 amide bonds. The van der Waals surface area contributed by atoms with E-state index in [0.29, 0.717) is 12.5 Å². The lowest BCUT2D eigenvalue weighted by atomic mass is 9.91. The molecule has 2 heteroatoms. The first kappa shape index (κ1) is 14.0. The maximum atomic E-state index is 10.6. The van der Waals surface area contributed by atoms with Crippen molar-refractivity contribution in [2.45, 2.75) is 25.4 Å². The van der Waals surface area contributed by atoms with Crippen LogP contribution in [0.5, 0.6) is 0 Å². The minimum atomic E-state index is -0.573. The van der Waals surface area contributed by atoms with Crippen LogP contribution >= 0.6 is 0 Å². The van der Waals surface area contributed by atoms with Gasteiger partial charge in [0.15, 0.2) is 0 Å². The highest BCUT2D eigenvalue weighted by Gasteiger charge is 2.25. The number of ether oxygens (including phenoxy) is 1. The van der Waals surface area contributed by atoms with Crippen molar-refractivity contribution in [2.24, 2.45) is 5.92 Å². The predicted molar refractivity (Wildman–Crippen MR) is 77.8 cm³/mol.